The molecule has 0 N–H and O–H groups in total. The molecule has 0 saturated carbocycles. The lowest BCUT2D eigenvalue weighted by Gasteiger charge is -2.41. The van der Waals surface area contributed by atoms with E-state index in [1.54, 1.807) is 12.1 Å². The Morgan fingerprint density at radius 3 is 2.45 bits per heavy atom. The highest BCUT2D eigenvalue weighted by Gasteiger charge is 2.32. The molecule has 0 radical (unpaired) electrons. The summed E-state index contributed by atoms with van der Waals surface area (Å²) in [6, 6.07) is 15.6. The normalized spacial score (nSPS) is 14.9. The molecule has 20 heavy (non-hydrogen) atoms. The van der Waals surface area contributed by atoms with Crippen LogP contribution in [0.2, 0.25) is 0 Å². The van der Waals surface area contributed by atoms with Gasteiger partial charge in [-0.15, -0.1) is 0 Å². The summed E-state index contributed by atoms with van der Waals surface area (Å²) >= 11 is 0. The number of aryl methyl sites for hydroxylation is 1. The smallest absolute Gasteiger partial charge is 0.292 e. The Labute approximate surface area is 117 Å². The van der Waals surface area contributed by atoms with Gasteiger partial charge < -0.3 is 4.90 Å². The molecular weight excluding hydrogens is 252 g/mol. The third-order valence-corrected chi connectivity index (χ3v) is 3.88. The fourth-order valence-corrected chi connectivity index (χ4v) is 2.80. The van der Waals surface area contributed by atoms with Crippen LogP contribution in [0, 0.1) is 17.0 Å². The second-order valence-electron chi connectivity index (χ2n) is 5.21. The van der Waals surface area contributed by atoms with Crippen LogP contribution in [0.25, 0.3) is 0 Å². The number of nitro benzene ring substituents is 1. The largest absolute Gasteiger partial charge is 0.364 e. The summed E-state index contributed by atoms with van der Waals surface area (Å²) in [7, 11) is 0. The van der Waals surface area contributed by atoms with Gasteiger partial charge in [-0.3, -0.25) is 10.1 Å². The van der Waals surface area contributed by atoms with Crippen molar-refractivity contribution in [1.29, 1.82) is 0 Å². The quantitative estimate of drug-likeness (QED) is 0.632. The van der Waals surface area contributed by atoms with E-state index in [4.69, 9.17) is 0 Å². The third-order valence-electron chi connectivity index (χ3n) is 3.88. The molecule has 1 heterocycles. The molecule has 4 heteroatoms. The number of para-hydroxylation sites is 1. The Morgan fingerprint density at radius 1 is 1.10 bits per heavy atom. The van der Waals surface area contributed by atoms with Crippen molar-refractivity contribution >= 4 is 11.4 Å². The second kappa shape index (κ2) is 4.96. The minimum absolute atomic E-state index is 0.205. The minimum Gasteiger partial charge on any atom is -0.364 e. The third kappa shape index (κ3) is 2.13. The first kappa shape index (κ1) is 12.7. The van der Waals surface area contributed by atoms with Crippen LogP contribution in [-0.2, 0) is 0 Å². The van der Waals surface area contributed by atoms with Crippen LogP contribution in [0.3, 0.4) is 0 Å². The van der Waals surface area contributed by atoms with E-state index in [9.17, 15) is 10.1 Å². The monoisotopic (exact) mass is 268 g/mol. The van der Waals surface area contributed by atoms with E-state index in [-0.39, 0.29) is 10.6 Å². The molecule has 0 aromatic heterocycles. The molecule has 0 atom stereocenters. The maximum Gasteiger partial charge on any atom is 0.292 e. The van der Waals surface area contributed by atoms with Crippen LogP contribution >= 0.6 is 0 Å². The van der Waals surface area contributed by atoms with Gasteiger partial charge in [0.2, 0.25) is 0 Å². The molecule has 102 valence electrons. The molecule has 0 bridgehead atoms. The van der Waals surface area contributed by atoms with Crippen LogP contribution in [-0.4, -0.2) is 18.0 Å². The average molecular weight is 268 g/mol. The molecule has 0 unspecified atom stereocenters. The van der Waals surface area contributed by atoms with Crippen molar-refractivity contribution in [3.63, 3.8) is 0 Å². The van der Waals surface area contributed by atoms with Crippen LogP contribution in [0.4, 0.5) is 11.4 Å². The van der Waals surface area contributed by atoms with E-state index < -0.39 is 0 Å². The molecule has 3 rings (SSSR count). The lowest BCUT2D eigenvalue weighted by atomic mass is 9.90. The predicted octanol–water partition coefficient (Wildman–Crippen LogP) is 3.51. The van der Waals surface area contributed by atoms with Crippen molar-refractivity contribution in [2.24, 2.45) is 0 Å². The summed E-state index contributed by atoms with van der Waals surface area (Å²) in [6.07, 6.45) is 0. The summed E-state index contributed by atoms with van der Waals surface area (Å²) in [5.41, 5.74) is 3.24. The Balaban J connectivity index is 1.82. The van der Waals surface area contributed by atoms with Gasteiger partial charge in [-0.25, -0.2) is 0 Å². The summed E-state index contributed by atoms with van der Waals surface area (Å²) < 4.78 is 0. The molecule has 1 aliphatic heterocycles. The maximum absolute atomic E-state index is 11.1. The molecule has 1 aliphatic rings. The van der Waals surface area contributed by atoms with Gasteiger partial charge in [-0.1, -0.05) is 42.5 Å². The van der Waals surface area contributed by atoms with E-state index in [1.165, 1.54) is 5.56 Å². The van der Waals surface area contributed by atoms with Gasteiger partial charge in [0.1, 0.15) is 5.69 Å². The van der Waals surface area contributed by atoms with Gasteiger partial charge in [0, 0.05) is 25.1 Å². The van der Waals surface area contributed by atoms with Gasteiger partial charge in [-0.2, -0.15) is 0 Å². The van der Waals surface area contributed by atoms with Gasteiger partial charge in [-0.05, 0) is 18.1 Å². The zero-order chi connectivity index (χ0) is 14.1. The first-order valence-corrected chi connectivity index (χ1v) is 6.70. The lowest BCUT2D eigenvalue weighted by molar-refractivity contribution is -0.384. The number of benzene rings is 2. The average Bonchev–Trinajstić information content (AvgIpc) is 2.40. The lowest BCUT2D eigenvalue weighted by Crippen LogP contribution is -2.45. The van der Waals surface area contributed by atoms with Crippen molar-refractivity contribution in [3.05, 3.63) is 69.8 Å². The number of rotatable bonds is 3. The Bertz CT molecular complexity index is 634. The van der Waals surface area contributed by atoms with Gasteiger partial charge in [0.05, 0.1) is 4.92 Å². The molecule has 2 aromatic carbocycles. The van der Waals surface area contributed by atoms with Crippen LogP contribution < -0.4 is 4.90 Å². The zero-order valence-electron chi connectivity index (χ0n) is 11.3. The number of anilines is 1. The standard InChI is InChI=1S/C16H16N2O2/c1-12-6-5-9-15(18(19)20)16(12)17-10-14(11-17)13-7-3-2-4-8-13/h2-9,14H,10-11H2,1H3. The minimum atomic E-state index is -0.293. The molecule has 0 amide bonds. The Hall–Kier alpha value is -2.36. The molecular formula is C16H16N2O2. The summed E-state index contributed by atoms with van der Waals surface area (Å²) in [6.45, 7) is 3.61. The van der Waals surface area contributed by atoms with Crippen molar-refractivity contribution in [1.82, 2.24) is 0 Å². The first-order valence-electron chi connectivity index (χ1n) is 6.70. The van der Waals surface area contributed by atoms with Crippen molar-refractivity contribution in [2.45, 2.75) is 12.8 Å². The number of hydrogen-bond acceptors (Lipinski definition) is 3. The first-order chi connectivity index (χ1) is 9.66. The van der Waals surface area contributed by atoms with Crippen molar-refractivity contribution < 1.29 is 4.92 Å². The summed E-state index contributed by atoms with van der Waals surface area (Å²) in [5, 5.41) is 11.1. The molecule has 0 aliphatic carbocycles. The molecule has 0 spiro atoms. The van der Waals surface area contributed by atoms with Crippen LogP contribution in [0.5, 0.6) is 0 Å². The maximum atomic E-state index is 11.1. The summed E-state index contributed by atoms with van der Waals surface area (Å²) in [5.74, 6) is 0.468. The SMILES string of the molecule is Cc1cccc([N+](=O)[O-])c1N1CC(c2ccccc2)C1. The highest BCUT2D eigenvalue weighted by atomic mass is 16.6. The highest BCUT2D eigenvalue weighted by Crippen LogP contribution is 2.38. The number of hydrogen-bond donors (Lipinski definition) is 0. The van der Waals surface area contributed by atoms with Crippen molar-refractivity contribution in [2.75, 3.05) is 18.0 Å². The summed E-state index contributed by atoms with van der Waals surface area (Å²) in [4.78, 5) is 13.0. The molecule has 1 fully saturated rings. The second-order valence-corrected chi connectivity index (χ2v) is 5.21. The van der Waals surface area contributed by atoms with E-state index in [0.29, 0.717) is 5.92 Å². The molecule has 4 nitrogen and oxygen atoms in total. The van der Waals surface area contributed by atoms with Crippen molar-refractivity contribution in [3.8, 4) is 0 Å². The van der Waals surface area contributed by atoms with E-state index in [0.717, 1.165) is 24.3 Å². The van der Waals surface area contributed by atoms with E-state index in [2.05, 4.69) is 17.0 Å². The predicted molar refractivity (Wildman–Crippen MR) is 79.2 cm³/mol. The fraction of sp³-hybridized carbons (Fsp3) is 0.250. The Morgan fingerprint density at radius 2 is 1.80 bits per heavy atom. The molecule has 2 aromatic rings. The van der Waals surface area contributed by atoms with Gasteiger partial charge >= 0.3 is 0 Å². The topological polar surface area (TPSA) is 46.4 Å². The van der Waals surface area contributed by atoms with Gasteiger partial charge in [0.15, 0.2) is 0 Å². The molecule has 1 saturated heterocycles. The zero-order valence-corrected chi connectivity index (χ0v) is 11.3. The number of nitrogens with zero attached hydrogens (tertiary/aromatic N) is 2. The Kier molecular flexibility index (Phi) is 3.14. The van der Waals surface area contributed by atoms with E-state index >= 15 is 0 Å². The fourth-order valence-electron chi connectivity index (χ4n) is 2.80. The highest BCUT2D eigenvalue weighted by molar-refractivity contribution is 5.69. The number of nitro groups is 1. The van der Waals surface area contributed by atoms with Crippen LogP contribution in [0.1, 0.15) is 17.0 Å². The van der Waals surface area contributed by atoms with E-state index in [1.807, 2.05) is 31.2 Å². The van der Waals surface area contributed by atoms with Crippen LogP contribution in [0.15, 0.2) is 48.5 Å². The van der Waals surface area contributed by atoms with Gasteiger partial charge in [0.25, 0.3) is 5.69 Å².